The molecule has 0 aromatic heterocycles. The Morgan fingerprint density at radius 2 is 1.89 bits per heavy atom. The van der Waals surface area contributed by atoms with E-state index in [1.165, 1.54) is 43.0 Å². The van der Waals surface area contributed by atoms with Crippen molar-refractivity contribution < 1.29 is 0 Å². The lowest BCUT2D eigenvalue weighted by atomic mass is 9.75. The Balaban J connectivity index is 1.94. The van der Waals surface area contributed by atoms with Gasteiger partial charge in [0.25, 0.3) is 0 Å². The number of hydrogen-bond acceptors (Lipinski definition) is 3. The van der Waals surface area contributed by atoms with Gasteiger partial charge in [-0.3, -0.25) is 4.99 Å². The molecule has 1 aliphatic carbocycles. The van der Waals surface area contributed by atoms with Crippen LogP contribution in [0.15, 0.2) is 4.99 Å². The summed E-state index contributed by atoms with van der Waals surface area (Å²) in [6.45, 7) is 7.88. The van der Waals surface area contributed by atoms with Crippen LogP contribution in [0.5, 0.6) is 0 Å². The predicted octanol–water partition coefficient (Wildman–Crippen LogP) is 4.21. The van der Waals surface area contributed by atoms with Gasteiger partial charge in [0.1, 0.15) is 0 Å². The van der Waals surface area contributed by atoms with Gasteiger partial charge in [-0.25, -0.2) is 0 Å². The first-order valence-electron chi connectivity index (χ1n) is 7.57. The Morgan fingerprint density at radius 3 is 2.39 bits per heavy atom. The summed E-state index contributed by atoms with van der Waals surface area (Å²) < 4.78 is 0. The summed E-state index contributed by atoms with van der Waals surface area (Å²) in [6, 6.07) is 0. The van der Waals surface area contributed by atoms with Crippen molar-refractivity contribution in [3.05, 3.63) is 0 Å². The van der Waals surface area contributed by atoms with Crippen LogP contribution in [0.25, 0.3) is 0 Å². The van der Waals surface area contributed by atoms with E-state index in [-0.39, 0.29) is 5.54 Å². The Labute approximate surface area is 116 Å². The fraction of sp³-hybridized carbons (Fsp3) is 0.933. The third-order valence-corrected chi connectivity index (χ3v) is 6.22. The number of hydrogen-bond donors (Lipinski definition) is 1. The summed E-state index contributed by atoms with van der Waals surface area (Å²) >= 11 is 1.97. The van der Waals surface area contributed by atoms with E-state index in [1.54, 1.807) is 0 Å². The van der Waals surface area contributed by atoms with E-state index in [4.69, 9.17) is 4.99 Å². The van der Waals surface area contributed by atoms with Gasteiger partial charge in [0, 0.05) is 17.8 Å². The van der Waals surface area contributed by atoms with Crippen LogP contribution in [-0.4, -0.2) is 23.0 Å². The van der Waals surface area contributed by atoms with Crippen molar-refractivity contribution in [1.82, 2.24) is 5.32 Å². The molecule has 2 aliphatic rings. The Kier molecular flexibility index (Phi) is 4.63. The maximum absolute atomic E-state index is 4.86. The van der Waals surface area contributed by atoms with E-state index < -0.39 is 0 Å². The number of rotatable bonds is 3. The Bertz CT molecular complexity index is 302. The normalized spacial score (nSPS) is 23.8. The molecule has 1 fully saturated rings. The van der Waals surface area contributed by atoms with Crippen LogP contribution in [0, 0.1) is 5.41 Å². The maximum Gasteiger partial charge on any atom is 0.157 e. The summed E-state index contributed by atoms with van der Waals surface area (Å²) in [6.07, 6.45) is 9.39. The first-order chi connectivity index (χ1) is 8.61. The minimum absolute atomic E-state index is 0.225. The van der Waals surface area contributed by atoms with Crippen molar-refractivity contribution >= 4 is 16.9 Å². The first-order valence-corrected chi connectivity index (χ1v) is 8.55. The van der Waals surface area contributed by atoms with Crippen molar-refractivity contribution in [3.8, 4) is 0 Å². The number of thioether (sulfide) groups is 1. The molecule has 1 heterocycles. The predicted molar refractivity (Wildman–Crippen MR) is 82.4 cm³/mol. The first kappa shape index (κ1) is 14.2. The highest BCUT2D eigenvalue weighted by Gasteiger charge is 2.35. The summed E-state index contributed by atoms with van der Waals surface area (Å²) in [5.41, 5.74) is 0.770. The summed E-state index contributed by atoms with van der Waals surface area (Å²) in [4.78, 5) is 4.86. The molecule has 1 aliphatic heterocycles. The van der Waals surface area contributed by atoms with Crippen LogP contribution >= 0.6 is 11.8 Å². The van der Waals surface area contributed by atoms with Crippen molar-refractivity contribution in [3.63, 3.8) is 0 Å². The van der Waals surface area contributed by atoms with Crippen molar-refractivity contribution in [2.75, 3.05) is 12.3 Å². The van der Waals surface area contributed by atoms with E-state index in [0.29, 0.717) is 5.41 Å². The van der Waals surface area contributed by atoms with Crippen molar-refractivity contribution in [2.45, 2.75) is 71.3 Å². The summed E-state index contributed by atoms with van der Waals surface area (Å²) in [5.74, 6) is 1.28. The molecule has 0 aromatic carbocycles. The lowest BCUT2D eigenvalue weighted by Gasteiger charge is -2.40. The van der Waals surface area contributed by atoms with Crippen LogP contribution < -0.4 is 5.32 Å². The number of nitrogens with one attached hydrogen (secondary N) is 1. The van der Waals surface area contributed by atoms with Crippen molar-refractivity contribution in [1.29, 1.82) is 0 Å². The molecule has 1 saturated carbocycles. The molecular formula is C15H28N2S. The SMILES string of the molecule is CCC(C)(CC)NC1=NCC2(CCCCC2)CS1. The quantitative estimate of drug-likeness (QED) is 0.829. The second kappa shape index (κ2) is 5.85. The number of amidine groups is 1. The topological polar surface area (TPSA) is 24.4 Å². The molecule has 0 amide bonds. The lowest BCUT2D eigenvalue weighted by Crippen LogP contribution is -2.46. The number of aliphatic imine (C=N–C) groups is 1. The minimum Gasteiger partial charge on any atom is -0.360 e. The fourth-order valence-electron chi connectivity index (χ4n) is 2.92. The van der Waals surface area contributed by atoms with E-state index in [1.807, 2.05) is 11.8 Å². The van der Waals surface area contributed by atoms with Gasteiger partial charge in [0.2, 0.25) is 0 Å². The largest absolute Gasteiger partial charge is 0.360 e. The van der Waals surface area contributed by atoms with Gasteiger partial charge in [-0.05, 0) is 38.0 Å². The number of nitrogens with zero attached hydrogens (tertiary/aromatic N) is 1. The Morgan fingerprint density at radius 1 is 1.22 bits per heavy atom. The molecule has 0 unspecified atom stereocenters. The molecule has 0 aromatic rings. The average Bonchev–Trinajstić information content (AvgIpc) is 2.43. The zero-order valence-corrected chi connectivity index (χ0v) is 13.0. The van der Waals surface area contributed by atoms with Crippen LogP contribution in [-0.2, 0) is 0 Å². The molecule has 2 nitrogen and oxygen atoms in total. The van der Waals surface area contributed by atoms with E-state index in [2.05, 4.69) is 26.1 Å². The average molecular weight is 268 g/mol. The highest BCUT2D eigenvalue weighted by atomic mass is 32.2. The molecule has 1 spiro atoms. The smallest absolute Gasteiger partial charge is 0.157 e. The molecule has 0 bridgehead atoms. The molecule has 2 rings (SSSR count). The van der Waals surface area contributed by atoms with Gasteiger partial charge < -0.3 is 5.32 Å². The van der Waals surface area contributed by atoms with E-state index in [9.17, 15) is 0 Å². The highest BCUT2D eigenvalue weighted by molar-refractivity contribution is 8.13. The third kappa shape index (κ3) is 3.23. The molecule has 3 heteroatoms. The zero-order valence-electron chi connectivity index (χ0n) is 12.2. The standard InChI is InChI=1S/C15H28N2S/c1-4-14(3,5-2)17-13-16-11-15(12-18-13)9-7-6-8-10-15/h4-12H2,1-3H3,(H,16,17). The molecule has 104 valence electrons. The van der Waals surface area contributed by atoms with Crippen LogP contribution in [0.1, 0.15) is 65.7 Å². The summed E-state index contributed by atoms with van der Waals surface area (Å²) in [7, 11) is 0. The van der Waals surface area contributed by atoms with Crippen LogP contribution in [0.4, 0.5) is 0 Å². The molecule has 0 radical (unpaired) electrons. The molecule has 0 atom stereocenters. The van der Waals surface area contributed by atoms with Crippen LogP contribution in [0.2, 0.25) is 0 Å². The molecular weight excluding hydrogens is 240 g/mol. The second-order valence-electron chi connectivity index (χ2n) is 6.36. The molecule has 18 heavy (non-hydrogen) atoms. The van der Waals surface area contributed by atoms with Gasteiger partial charge in [0.15, 0.2) is 5.17 Å². The van der Waals surface area contributed by atoms with Gasteiger partial charge in [-0.15, -0.1) is 0 Å². The van der Waals surface area contributed by atoms with Crippen molar-refractivity contribution in [2.24, 2.45) is 10.4 Å². The minimum atomic E-state index is 0.225. The fourth-order valence-corrected chi connectivity index (χ4v) is 4.21. The molecule has 0 saturated heterocycles. The second-order valence-corrected chi connectivity index (χ2v) is 7.33. The van der Waals surface area contributed by atoms with Crippen LogP contribution in [0.3, 0.4) is 0 Å². The zero-order chi connectivity index (χ0) is 13.1. The lowest BCUT2D eigenvalue weighted by molar-refractivity contribution is 0.232. The third-order valence-electron chi connectivity index (χ3n) is 4.96. The highest BCUT2D eigenvalue weighted by Crippen LogP contribution is 2.41. The van der Waals surface area contributed by atoms with E-state index in [0.717, 1.165) is 19.4 Å². The summed E-state index contributed by atoms with van der Waals surface area (Å²) in [5, 5.41) is 4.86. The van der Waals surface area contributed by atoms with Gasteiger partial charge in [-0.1, -0.05) is 44.9 Å². The van der Waals surface area contributed by atoms with Gasteiger partial charge in [-0.2, -0.15) is 0 Å². The monoisotopic (exact) mass is 268 g/mol. The van der Waals surface area contributed by atoms with Gasteiger partial charge >= 0.3 is 0 Å². The Hall–Kier alpha value is -0.180. The molecule has 1 N–H and O–H groups in total. The van der Waals surface area contributed by atoms with E-state index >= 15 is 0 Å². The maximum atomic E-state index is 4.86. The van der Waals surface area contributed by atoms with Gasteiger partial charge in [0.05, 0.1) is 0 Å².